The predicted molar refractivity (Wildman–Crippen MR) is 87.2 cm³/mol. The summed E-state index contributed by atoms with van der Waals surface area (Å²) < 4.78 is 31.1. The van der Waals surface area contributed by atoms with Gasteiger partial charge in [0.1, 0.15) is 23.1 Å². The molecule has 2 aromatic carbocycles. The molecule has 2 aromatic rings. The summed E-state index contributed by atoms with van der Waals surface area (Å²) in [4.78, 5) is 20.4. The summed E-state index contributed by atoms with van der Waals surface area (Å²) in [6.07, 6.45) is 0.797. The van der Waals surface area contributed by atoms with E-state index in [1.807, 2.05) is 0 Å². The number of aromatic hydroxyl groups is 1. The molecule has 0 heterocycles. The molecule has 0 aliphatic rings. The normalized spacial score (nSPS) is 9.61. The molecular weight excluding hydrogens is 442 g/mol. The van der Waals surface area contributed by atoms with Crippen LogP contribution in [-0.2, 0) is 0 Å². The smallest absolute Gasteiger partial charge is 0.153 e. The topological polar surface area (TPSA) is 63.6 Å². The fourth-order valence-electron chi connectivity index (χ4n) is 1.44. The van der Waals surface area contributed by atoms with Gasteiger partial charge in [-0.2, -0.15) is 0 Å². The van der Waals surface area contributed by atoms with Crippen molar-refractivity contribution in [1.82, 2.24) is 0 Å². The van der Waals surface area contributed by atoms with Crippen LogP contribution in [0.5, 0.6) is 11.5 Å². The highest BCUT2D eigenvalue weighted by Gasteiger charge is 2.07. The number of aldehydes is 2. The summed E-state index contributed by atoms with van der Waals surface area (Å²) in [5, 5.41) is 8.98. The zero-order chi connectivity index (χ0) is 17.6. The Bertz CT molecular complexity index is 736. The molecule has 0 aliphatic carbocycles. The molecule has 0 unspecified atom stereocenters. The van der Waals surface area contributed by atoms with E-state index in [0.717, 1.165) is 12.1 Å². The number of phenols is 1. The molecule has 0 fully saturated rings. The lowest BCUT2D eigenvalue weighted by molar-refractivity contribution is 0.111. The van der Waals surface area contributed by atoms with Gasteiger partial charge in [0.15, 0.2) is 12.6 Å². The molecule has 8 heteroatoms. The Morgan fingerprint density at radius 2 is 1.43 bits per heavy atom. The minimum absolute atomic E-state index is 0.00458. The van der Waals surface area contributed by atoms with Gasteiger partial charge in [0, 0.05) is 0 Å². The Hall–Kier alpha value is -1.80. The molecule has 1 N–H and O–H groups in total. The van der Waals surface area contributed by atoms with Crippen LogP contribution in [0.3, 0.4) is 0 Å². The maximum Gasteiger partial charge on any atom is 0.153 e. The first-order valence-electron chi connectivity index (χ1n) is 5.95. The molecule has 0 atom stereocenters. The van der Waals surface area contributed by atoms with Crippen LogP contribution in [0.1, 0.15) is 20.7 Å². The molecule has 122 valence electrons. The number of carbonyl (C=O) groups excluding carboxylic acids is 2. The third-order valence-corrected chi connectivity index (χ3v) is 3.85. The van der Waals surface area contributed by atoms with Crippen LogP contribution in [0.4, 0.5) is 8.78 Å². The Labute approximate surface area is 147 Å². The van der Waals surface area contributed by atoms with E-state index in [1.165, 1.54) is 19.2 Å². The van der Waals surface area contributed by atoms with Crippen LogP contribution in [0, 0.1) is 11.6 Å². The van der Waals surface area contributed by atoms with Gasteiger partial charge >= 0.3 is 0 Å². The second-order valence-corrected chi connectivity index (χ2v) is 5.78. The number of rotatable bonds is 3. The van der Waals surface area contributed by atoms with Crippen LogP contribution in [0.15, 0.2) is 33.2 Å². The summed E-state index contributed by atoms with van der Waals surface area (Å²) in [5.41, 5.74) is -0.152. The lowest BCUT2D eigenvalue weighted by atomic mass is 10.2. The van der Waals surface area contributed by atoms with Crippen LogP contribution in [0.25, 0.3) is 0 Å². The molecule has 0 bridgehead atoms. The molecule has 0 radical (unpaired) electrons. The number of halogens is 4. The SMILES string of the molecule is COc1cc(C=O)c(F)cc1Br.O=Cc1cc(O)c(Br)cc1F. The van der Waals surface area contributed by atoms with Gasteiger partial charge < -0.3 is 9.84 Å². The van der Waals surface area contributed by atoms with E-state index >= 15 is 0 Å². The highest BCUT2D eigenvalue weighted by Crippen LogP contribution is 2.27. The van der Waals surface area contributed by atoms with Gasteiger partial charge in [-0.3, -0.25) is 9.59 Å². The summed E-state index contributed by atoms with van der Waals surface area (Å²) >= 11 is 5.99. The monoisotopic (exact) mass is 450 g/mol. The lowest BCUT2D eigenvalue weighted by Crippen LogP contribution is -1.91. The summed E-state index contributed by atoms with van der Waals surface area (Å²) in [5.74, 6) is -0.908. The molecule has 4 nitrogen and oxygen atoms in total. The molecule has 0 aliphatic heterocycles. The van der Waals surface area contributed by atoms with Gasteiger partial charge in [0.25, 0.3) is 0 Å². The number of benzene rings is 2. The van der Waals surface area contributed by atoms with Crippen molar-refractivity contribution in [2.24, 2.45) is 0 Å². The Morgan fingerprint density at radius 3 is 1.91 bits per heavy atom. The zero-order valence-corrected chi connectivity index (χ0v) is 14.8. The Kier molecular flexibility index (Phi) is 7.31. The number of phenolic OH excluding ortho intramolecular Hbond substituents is 1. The van der Waals surface area contributed by atoms with Crippen molar-refractivity contribution >= 4 is 44.4 Å². The number of methoxy groups -OCH3 is 1. The van der Waals surface area contributed by atoms with Crippen molar-refractivity contribution in [3.8, 4) is 11.5 Å². The first-order valence-corrected chi connectivity index (χ1v) is 7.54. The molecule has 0 spiro atoms. The molecule has 2 rings (SSSR count). The molecule has 0 aromatic heterocycles. The van der Waals surface area contributed by atoms with Gasteiger partial charge in [-0.15, -0.1) is 0 Å². The van der Waals surface area contributed by atoms with Crippen molar-refractivity contribution in [3.63, 3.8) is 0 Å². The number of carbonyl (C=O) groups is 2. The van der Waals surface area contributed by atoms with Crippen LogP contribution < -0.4 is 4.74 Å². The first kappa shape index (κ1) is 19.2. The van der Waals surface area contributed by atoms with Crippen molar-refractivity contribution in [3.05, 3.63) is 56.0 Å². The fraction of sp³-hybridized carbons (Fsp3) is 0.0667. The van der Waals surface area contributed by atoms with Crippen molar-refractivity contribution in [2.75, 3.05) is 7.11 Å². The van der Waals surface area contributed by atoms with Crippen molar-refractivity contribution in [1.29, 1.82) is 0 Å². The van der Waals surface area contributed by atoms with Crippen LogP contribution >= 0.6 is 31.9 Å². The maximum atomic E-state index is 12.9. The number of ether oxygens (including phenoxy) is 1. The van der Waals surface area contributed by atoms with Crippen molar-refractivity contribution in [2.45, 2.75) is 0 Å². The van der Waals surface area contributed by atoms with Gasteiger partial charge in [-0.1, -0.05) is 0 Å². The summed E-state index contributed by atoms with van der Waals surface area (Å²) in [6, 6.07) is 4.64. The zero-order valence-electron chi connectivity index (χ0n) is 11.6. The number of hydrogen-bond acceptors (Lipinski definition) is 4. The minimum Gasteiger partial charge on any atom is -0.507 e. The Balaban J connectivity index is 0.000000231. The van der Waals surface area contributed by atoms with Crippen LogP contribution in [-0.4, -0.2) is 24.8 Å². The van der Waals surface area contributed by atoms with Crippen molar-refractivity contribution < 1.29 is 28.2 Å². The maximum absolute atomic E-state index is 12.9. The lowest BCUT2D eigenvalue weighted by Gasteiger charge is -2.03. The Morgan fingerprint density at radius 1 is 0.957 bits per heavy atom. The minimum atomic E-state index is -0.648. The second-order valence-electron chi connectivity index (χ2n) is 4.07. The number of hydrogen-bond donors (Lipinski definition) is 1. The highest BCUT2D eigenvalue weighted by atomic mass is 79.9. The van der Waals surface area contributed by atoms with E-state index in [-0.39, 0.29) is 21.3 Å². The molecule has 0 amide bonds. The average Bonchev–Trinajstić information content (AvgIpc) is 2.52. The molecular formula is C15H10Br2F2O4. The van der Waals surface area contributed by atoms with Crippen LogP contribution in [0.2, 0.25) is 0 Å². The van der Waals surface area contributed by atoms with E-state index in [9.17, 15) is 18.4 Å². The van der Waals surface area contributed by atoms with E-state index in [1.54, 1.807) is 0 Å². The standard InChI is InChI=1S/C8H6BrFO2.C7H4BrFO2/c1-12-8-2-5(4-11)7(10)3-6(8)9;8-5-2-6(9)4(3-10)1-7(5)11/h2-4H,1H3;1-3,11H. The average molecular weight is 452 g/mol. The quantitative estimate of drug-likeness (QED) is 0.697. The largest absolute Gasteiger partial charge is 0.507 e. The van der Waals surface area contributed by atoms with E-state index < -0.39 is 11.6 Å². The van der Waals surface area contributed by atoms with Gasteiger partial charge in [-0.25, -0.2) is 8.78 Å². The van der Waals surface area contributed by atoms with E-state index in [4.69, 9.17) is 9.84 Å². The van der Waals surface area contributed by atoms with E-state index in [0.29, 0.717) is 22.8 Å². The summed E-state index contributed by atoms with van der Waals surface area (Å²) in [6.45, 7) is 0. The van der Waals surface area contributed by atoms with Gasteiger partial charge in [0.05, 0.1) is 27.2 Å². The predicted octanol–water partition coefficient (Wildman–Crippen LogP) is 4.52. The second kappa shape index (κ2) is 8.73. The first-order chi connectivity index (χ1) is 10.8. The highest BCUT2D eigenvalue weighted by molar-refractivity contribution is 9.10. The molecule has 0 saturated heterocycles. The van der Waals surface area contributed by atoms with Gasteiger partial charge in [-0.05, 0) is 56.1 Å². The fourth-order valence-corrected chi connectivity index (χ4v) is 2.23. The molecule has 23 heavy (non-hydrogen) atoms. The van der Waals surface area contributed by atoms with Gasteiger partial charge in [0.2, 0.25) is 0 Å². The van der Waals surface area contributed by atoms with E-state index in [2.05, 4.69) is 31.9 Å². The molecule has 0 saturated carbocycles. The third-order valence-electron chi connectivity index (χ3n) is 2.59. The summed E-state index contributed by atoms with van der Waals surface area (Å²) in [7, 11) is 1.45. The third kappa shape index (κ3) is 5.11.